The lowest BCUT2D eigenvalue weighted by molar-refractivity contribution is -0.131. The highest BCUT2D eigenvalue weighted by Crippen LogP contribution is 2.48. The molecule has 5 rings (SSSR count). The van der Waals surface area contributed by atoms with Gasteiger partial charge in [-0.15, -0.1) is 0 Å². The van der Waals surface area contributed by atoms with Gasteiger partial charge in [0.25, 0.3) is 0 Å². The molecule has 0 saturated carbocycles. The highest BCUT2D eigenvalue weighted by atomic mass is 32.2. The summed E-state index contributed by atoms with van der Waals surface area (Å²) in [7, 11) is -4.23. The highest BCUT2D eigenvalue weighted by molar-refractivity contribution is 7.83. The van der Waals surface area contributed by atoms with E-state index in [-0.39, 0.29) is 31.2 Å². The zero-order valence-electron chi connectivity index (χ0n) is 22.1. The minimum absolute atomic E-state index is 0.0206. The first-order valence-electron chi connectivity index (χ1n) is 13.3. The van der Waals surface area contributed by atoms with Crippen LogP contribution in [0.1, 0.15) is 41.7 Å². The molecule has 2 aliphatic heterocycles. The van der Waals surface area contributed by atoms with E-state index in [0.717, 1.165) is 9.87 Å². The molecule has 2 aliphatic rings. The maximum Gasteiger partial charge on any atom is 0.335 e. The van der Waals surface area contributed by atoms with Crippen molar-refractivity contribution in [2.75, 3.05) is 31.1 Å². The standard InChI is InChI=1S/C29H31F2N3O6S/c30-21-4-2-20(3-5-21)26(35)12-11-25-28(34(29(25)37)23-8-6-22(31)7-9-23)24-10-1-19(17-27(24)36)18-32-13-15-33(16-14-32)41(38,39)40/h1-10,17,25-26,28,35-36H,11-16,18H2,(H,38,39,40)/t25-,26+,28-/m1/s1. The molecule has 12 heteroatoms. The van der Waals surface area contributed by atoms with Gasteiger partial charge >= 0.3 is 10.3 Å². The fraction of sp³-hybridized carbons (Fsp3) is 0.345. The van der Waals surface area contributed by atoms with Crippen LogP contribution in [0.2, 0.25) is 0 Å². The summed E-state index contributed by atoms with van der Waals surface area (Å²) in [5, 5.41) is 21.7. The molecule has 0 aliphatic carbocycles. The molecule has 2 heterocycles. The van der Waals surface area contributed by atoms with E-state index in [1.807, 2.05) is 11.0 Å². The minimum Gasteiger partial charge on any atom is -0.508 e. The van der Waals surface area contributed by atoms with E-state index in [1.165, 1.54) is 53.4 Å². The SMILES string of the molecule is O=C1[C@H](CC[C@H](O)c2ccc(F)cc2)[C@@H](c2ccc(CN3CCN(S(=O)(=O)O)CC3)cc2O)N1c1ccc(F)cc1. The molecule has 3 aromatic rings. The zero-order valence-corrected chi connectivity index (χ0v) is 22.9. The first kappa shape index (κ1) is 29.1. The van der Waals surface area contributed by atoms with Gasteiger partial charge in [-0.3, -0.25) is 14.2 Å². The summed E-state index contributed by atoms with van der Waals surface area (Å²) >= 11 is 0. The summed E-state index contributed by atoms with van der Waals surface area (Å²) in [5.74, 6) is -1.65. The number of aliphatic hydroxyl groups is 1. The first-order valence-corrected chi connectivity index (χ1v) is 14.7. The lowest BCUT2D eigenvalue weighted by Crippen LogP contribution is -2.55. The predicted molar refractivity (Wildman–Crippen MR) is 147 cm³/mol. The molecular formula is C29H31F2N3O6S. The normalized spacial score (nSPS) is 21.1. The fourth-order valence-corrected chi connectivity index (χ4v) is 6.20. The molecule has 3 atom stereocenters. The highest BCUT2D eigenvalue weighted by Gasteiger charge is 2.49. The number of nitrogens with zero attached hydrogens (tertiary/aromatic N) is 3. The number of β-lactam (4-membered cyclic amide) rings is 1. The van der Waals surface area contributed by atoms with E-state index < -0.39 is 40.0 Å². The fourth-order valence-electron chi connectivity index (χ4n) is 5.58. The third-order valence-corrected chi connectivity index (χ3v) is 8.82. The van der Waals surface area contributed by atoms with Crippen molar-refractivity contribution in [1.82, 2.24) is 9.21 Å². The van der Waals surface area contributed by atoms with E-state index in [9.17, 15) is 36.8 Å². The minimum atomic E-state index is -4.23. The van der Waals surface area contributed by atoms with Crippen molar-refractivity contribution in [1.29, 1.82) is 0 Å². The van der Waals surface area contributed by atoms with Gasteiger partial charge < -0.3 is 15.1 Å². The van der Waals surface area contributed by atoms with E-state index in [0.29, 0.717) is 42.9 Å². The quantitative estimate of drug-likeness (QED) is 0.257. The molecule has 2 saturated heterocycles. The molecule has 0 bridgehead atoms. The van der Waals surface area contributed by atoms with Gasteiger partial charge in [-0.2, -0.15) is 12.7 Å². The van der Waals surface area contributed by atoms with Gasteiger partial charge in [0, 0.05) is 44.0 Å². The summed E-state index contributed by atoms with van der Waals surface area (Å²) in [6.07, 6.45) is -0.357. The van der Waals surface area contributed by atoms with Crippen LogP contribution in [-0.2, 0) is 21.6 Å². The molecule has 0 unspecified atom stereocenters. The second-order valence-corrected chi connectivity index (χ2v) is 11.8. The number of aromatic hydroxyl groups is 1. The summed E-state index contributed by atoms with van der Waals surface area (Å²) < 4.78 is 59.8. The summed E-state index contributed by atoms with van der Waals surface area (Å²) in [5.41, 5.74) is 2.32. The molecule has 0 spiro atoms. The average Bonchev–Trinajstić information content (AvgIpc) is 2.93. The van der Waals surface area contributed by atoms with E-state index in [2.05, 4.69) is 0 Å². The average molecular weight is 588 g/mol. The third-order valence-electron chi connectivity index (χ3n) is 7.80. The number of phenolic OH excluding ortho intramolecular Hbond substituents is 1. The van der Waals surface area contributed by atoms with Gasteiger partial charge in [0.1, 0.15) is 17.4 Å². The number of carbonyl (C=O) groups is 1. The van der Waals surface area contributed by atoms with Crippen molar-refractivity contribution in [3.8, 4) is 5.75 Å². The zero-order chi connectivity index (χ0) is 29.3. The number of anilines is 1. The van der Waals surface area contributed by atoms with Crippen LogP contribution in [0.5, 0.6) is 5.75 Å². The van der Waals surface area contributed by atoms with Crippen molar-refractivity contribution in [3.63, 3.8) is 0 Å². The van der Waals surface area contributed by atoms with Crippen molar-refractivity contribution in [3.05, 3.63) is 95.1 Å². The molecule has 218 valence electrons. The molecule has 0 radical (unpaired) electrons. The number of aliphatic hydroxyl groups excluding tert-OH is 1. The predicted octanol–water partition coefficient (Wildman–Crippen LogP) is 3.81. The lowest BCUT2D eigenvalue weighted by Gasteiger charge is -2.48. The van der Waals surface area contributed by atoms with Crippen LogP contribution in [0.15, 0.2) is 66.7 Å². The maximum atomic E-state index is 13.6. The molecule has 9 nitrogen and oxygen atoms in total. The topological polar surface area (TPSA) is 122 Å². The Morgan fingerprint density at radius 2 is 1.51 bits per heavy atom. The first-order chi connectivity index (χ1) is 19.5. The Morgan fingerprint density at radius 3 is 2.10 bits per heavy atom. The van der Waals surface area contributed by atoms with E-state index >= 15 is 0 Å². The molecule has 41 heavy (non-hydrogen) atoms. The Kier molecular flexibility index (Phi) is 8.39. The molecule has 0 aromatic heterocycles. The van der Waals surface area contributed by atoms with Crippen molar-refractivity contribution in [2.45, 2.75) is 31.5 Å². The Morgan fingerprint density at radius 1 is 0.902 bits per heavy atom. The van der Waals surface area contributed by atoms with Crippen LogP contribution in [-0.4, -0.2) is 64.5 Å². The lowest BCUT2D eigenvalue weighted by atomic mass is 9.77. The number of rotatable bonds is 9. The van der Waals surface area contributed by atoms with E-state index in [1.54, 1.807) is 12.1 Å². The molecule has 3 N–H and O–H groups in total. The van der Waals surface area contributed by atoms with Crippen LogP contribution >= 0.6 is 0 Å². The number of benzene rings is 3. The van der Waals surface area contributed by atoms with Crippen LogP contribution in [0, 0.1) is 17.6 Å². The van der Waals surface area contributed by atoms with Crippen LogP contribution < -0.4 is 4.90 Å². The van der Waals surface area contributed by atoms with Crippen LogP contribution in [0.3, 0.4) is 0 Å². The number of phenols is 1. The summed E-state index contributed by atoms with van der Waals surface area (Å²) in [4.78, 5) is 16.8. The number of piperazine rings is 1. The van der Waals surface area contributed by atoms with Crippen molar-refractivity contribution in [2.24, 2.45) is 5.92 Å². The largest absolute Gasteiger partial charge is 0.508 e. The van der Waals surface area contributed by atoms with Gasteiger partial charge in [0.2, 0.25) is 5.91 Å². The molecular weight excluding hydrogens is 556 g/mol. The van der Waals surface area contributed by atoms with Crippen LogP contribution in [0.4, 0.5) is 14.5 Å². The van der Waals surface area contributed by atoms with Gasteiger partial charge in [-0.05, 0) is 66.4 Å². The molecule has 3 aromatic carbocycles. The maximum absolute atomic E-state index is 13.6. The van der Waals surface area contributed by atoms with Crippen molar-refractivity contribution >= 4 is 21.9 Å². The number of carbonyl (C=O) groups excluding carboxylic acids is 1. The number of halogens is 2. The third kappa shape index (κ3) is 6.41. The summed E-state index contributed by atoms with van der Waals surface area (Å²) in [6.45, 7) is 1.59. The van der Waals surface area contributed by atoms with E-state index in [4.69, 9.17) is 0 Å². The second kappa shape index (κ2) is 11.8. The van der Waals surface area contributed by atoms with Gasteiger partial charge in [-0.25, -0.2) is 8.78 Å². The number of amides is 1. The molecule has 2 fully saturated rings. The van der Waals surface area contributed by atoms with Gasteiger partial charge in [0.15, 0.2) is 0 Å². The number of hydrogen-bond acceptors (Lipinski definition) is 6. The summed E-state index contributed by atoms with van der Waals surface area (Å²) in [6, 6.07) is 15.7. The number of hydrogen-bond donors (Lipinski definition) is 3. The Hall–Kier alpha value is -3.42. The Labute approximate surface area is 237 Å². The van der Waals surface area contributed by atoms with Crippen molar-refractivity contribution < 1.29 is 36.8 Å². The second-order valence-electron chi connectivity index (χ2n) is 10.4. The van der Waals surface area contributed by atoms with Crippen LogP contribution in [0.25, 0.3) is 0 Å². The van der Waals surface area contributed by atoms with Gasteiger partial charge in [-0.1, -0.05) is 24.3 Å². The Balaban J connectivity index is 1.33. The van der Waals surface area contributed by atoms with Gasteiger partial charge in [0.05, 0.1) is 18.1 Å². The molecule has 1 amide bonds. The monoisotopic (exact) mass is 587 g/mol. The smallest absolute Gasteiger partial charge is 0.335 e. The Bertz CT molecular complexity index is 1500.